The van der Waals surface area contributed by atoms with Crippen LogP contribution in [-0.2, 0) is 50.3 Å². The maximum Gasteiger partial charge on any atom is 2.00 e. The molecular weight excluding hydrogens is 353 g/mol. The zero-order valence-electron chi connectivity index (χ0n) is 6.52. The summed E-state index contributed by atoms with van der Waals surface area (Å²) in [6.07, 6.45) is 0. The second-order valence-electron chi connectivity index (χ2n) is 0.924. The van der Waals surface area contributed by atoms with Gasteiger partial charge in [-0.2, -0.15) is 0 Å². The predicted molar refractivity (Wildman–Crippen MR) is 23.9 cm³/mol. The summed E-state index contributed by atoms with van der Waals surface area (Å²) in [7, 11) is -8.00. The van der Waals surface area contributed by atoms with Gasteiger partial charge in [0.2, 0.25) is 0 Å². The van der Waals surface area contributed by atoms with Gasteiger partial charge in [-0.15, -0.1) is 0 Å². The Morgan fingerprint density at radius 2 is 0.533 bits per heavy atom. The molecule has 93 valence electrons. The molecule has 0 aromatic rings. The first-order chi connectivity index (χ1) is 5.20. The van der Waals surface area contributed by atoms with E-state index in [4.69, 9.17) is 45.2 Å². The van der Waals surface area contributed by atoms with Gasteiger partial charge in [0.15, 0.2) is 0 Å². The monoisotopic (exact) mass is 357 g/mol. The molecule has 0 saturated heterocycles. The van der Waals surface area contributed by atoms with E-state index in [0.717, 1.165) is 0 Å². The average molecular weight is 356 g/mol. The molecule has 9 nitrogen and oxygen atoms in total. The fourth-order valence-electron chi connectivity index (χ4n) is 0. The Labute approximate surface area is 117 Å². The molecule has 0 rings (SSSR count). The Balaban J connectivity index is -0.0000000184. The molecule has 0 bridgehead atoms. The van der Waals surface area contributed by atoms with Crippen LogP contribution in [0.25, 0.3) is 0 Å². The molecular formula is H3B3Co3O9. The fourth-order valence-corrected chi connectivity index (χ4v) is 0. The zero-order valence-corrected chi connectivity index (χ0v) is 9.65. The summed E-state index contributed by atoms with van der Waals surface area (Å²) in [4.78, 5) is 0. The molecule has 3 N–H and O–H groups in total. The molecule has 0 aliphatic heterocycles. The van der Waals surface area contributed by atoms with E-state index in [2.05, 4.69) is 0 Å². The van der Waals surface area contributed by atoms with Gasteiger partial charge in [0.1, 0.15) is 0 Å². The quantitative estimate of drug-likeness (QED) is 0.352. The van der Waals surface area contributed by atoms with Crippen LogP contribution < -0.4 is 30.1 Å². The third kappa shape index (κ3) is 1490. The first-order valence-electron chi connectivity index (χ1n) is 2.19. The van der Waals surface area contributed by atoms with Crippen LogP contribution in [-0.4, -0.2) is 37.0 Å². The molecule has 15 heteroatoms. The maximum atomic E-state index is 8.42. The second-order valence-corrected chi connectivity index (χ2v) is 0.924. The second kappa shape index (κ2) is 29.5. The predicted octanol–water partition coefficient (Wildman–Crippen LogP) is -9.95. The van der Waals surface area contributed by atoms with Gasteiger partial charge in [0.25, 0.3) is 0 Å². The standard InChI is InChI=1S/BH3O3.2BO3.3Co/c3*2-1(3)4;;;/h2-4H;;;;;/q;2*-3;3*+2. The Kier molecular flexibility index (Phi) is 70.7. The van der Waals surface area contributed by atoms with E-state index in [1.54, 1.807) is 0 Å². The fraction of sp³-hybridized carbons (Fsp3) is 0. The Bertz CT molecular complexity index is 49.1. The van der Waals surface area contributed by atoms with Crippen LogP contribution >= 0.6 is 0 Å². The first-order valence-corrected chi connectivity index (χ1v) is 2.19. The van der Waals surface area contributed by atoms with Crippen molar-refractivity contribution in [2.75, 3.05) is 0 Å². The van der Waals surface area contributed by atoms with Crippen molar-refractivity contribution < 1.29 is 95.6 Å². The molecule has 0 fully saturated rings. The number of hydrogen-bond acceptors (Lipinski definition) is 9. The Morgan fingerprint density at radius 3 is 0.533 bits per heavy atom. The van der Waals surface area contributed by atoms with E-state index in [1.807, 2.05) is 0 Å². The average Bonchev–Trinajstić information content (AvgIpc) is 1.54. The van der Waals surface area contributed by atoms with Crippen molar-refractivity contribution in [3.63, 3.8) is 0 Å². The molecule has 0 aliphatic carbocycles. The molecule has 0 saturated carbocycles. The molecule has 0 aromatic heterocycles. The number of hydrogen-bond donors (Lipinski definition) is 3. The van der Waals surface area contributed by atoms with Gasteiger partial charge in [0, 0.05) is 0 Å². The third-order valence-electron chi connectivity index (χ3n) is 0. The summed E-state index contributed by atoms with van der Waals surface area (Å²) in [6.45, 7) is 0. The van der Waals surface area contributed by atoms with E-state index in [1.165, 1.54) is 0 Å². The molecule has 0 heterocycles. The van der Waals surface area contributed by atoms with Crippen LogP contribution in [0.3, 0.4) is 0 Å². The van der Waals surface area contributed by atoms with Crippen LogP contribution in [0.5, 0.6) is 0 Å². The molecule has 0 spiro atoms. The SMILES string of the molecule is OB(O)O.[Co+2].[Co+2].[Co+2].[O-]B([O-])[O-].[O-]B([O-])[O-]. The summed E-state index contributed by atoms with van der Waals surface area (Å²) >= 11 is 0. The topological polar surface area (TPSA) is 199 Å². The van der Waals surface area contributed by atoms with Gasteiger partial charge in [0.05, 0.1) is 0 Å². The normalized spacial score (nSPS) is 5.40. The molecule has 3 radical (unpaired) electrons. The van der Waals surface area contributed by atoms with Crippen LogP contribution in [0.2, 0.25) is 0 Å². The molecule has 0 unspecified atom stereocenters. The van der Waals surface area contributed by atoms with Crippen molar-refractivity contribution in [3.05, 3.63) is 0 Å². The molecule has 0 amide bonds. The summed E-state index contributed by atoms with van der Waals surface area (Å²) in [5, 5.41) is 72.0. The van der Waals surface area contributed by atoms with Gasteiger partial charge in [-0.05, 0) is 0 Å². The summed E-state index contributed by atoms with van der Waals surface area (Å²) in [5.74, 6) is 0. The van der Waals surface area contributed by atoms with Crippen molar-refractivity contribution in [3.8, 4) is 0 Å². The summed E-state index contributed by atoms with van der Waals surface area (Å²) in [5.41, 5.74) is 0. The van der Waals surface area contributed by atoms with E-state index in [-0.39, 0.29) is 50.3 Å². The minimum Gasteiger partial charge on any atom is -0.907 e. The van der Waals surface area contributed by atoms with Gasteiger partial charge in [-0.25, -0.2) is 0 Å². The van der Waals surface area contributed by atoms with E-state index in [0.29, 0.717) is 0 Å². The molecule has 0 aliphatic rings. The summed E-state index contributed by atoms with van der Waals surface area (Å²) in [6, 6.07) is 0. The van der Waals surface area contributed by atoms with Crippen LogP contribution in [0.4, 0.5) is 0 Å². The van der Waals surface area contributed by atoms with Crippen molar-refractivity contribution in [1.29, 1.82) is 0 Å². The Hall–Kier alpha value is 1.35. The van der Waals surface area contributed by atoms with E-state index >= 15 is 0 Å². The molecule has 0 aromatic carbocycles. The minimum absolute atomic E-state index is 0. The van der Waals surface area contributed by atoms with Crippen LogP contribution in [0, 0.1) is 0 Å². The van der Waals surface area contributed by atoms with Crippen molar-refractivity contribution >= 4 is 22.0 Å². The number of rotatable bonds is 0. The van der Waals surface area contributed by atoms with Gasteiger partial charge >= 0.3 is 57.7 Å². The zero-order chi connectivity index (χ0) is 10.7. The van der Waals surface area contributed by atoms with Crippen LogP contribution in [0.1, 0.15) is 0 Å². The largest absolute Gasteiger partial charge is 2.00 e. The Morgan fingerprint density at radius 1 is 0.533 bits per heavy atom. The summed E-state index contributed by atoms with van der Waals surface area (Å²) < 4.78 is 0. The smallest absolute Gasteiger partial charge is 0.907 e. The van der Waals surface area contributed by atoms with Crippen molar-refractivity contribution in [2.45, 2.75) is 0 Å². The van der Waals surface area contributed by atoms with E-state index < -0.39 is 22.0 Å². The van der Waals surface area contributed by atoms with E-state index in [9.17, 15) is 0 Å². The third-order valence-corrected chi connectivity index (χ3v) is 0. The van der Waals surface area contributed by atoms with Crippen LogP contribution in [0.15, 0.2) is 0 Å². The molecule has 15 heavy (non-hydrogen) atoms. The van der Waals surface area contributed by atoms with Gasteiger partial charge in [-0.3, -0.25) is 14.6 Å². The van der Waals surface area contributed by atoms with Gasteiger partial charge < -0.3 is 45.2 Å². The molecule has 0 atom stereocenters. The van der Waals surface area contributed by atoms with Gasteiger partial charge in [-0.1, -0.05) is 0 Å². The van der Waals surface area contributed by atoms with Crippen molar-refractivity contribution in [1.82, 2.24) is 0 Å². The van der Waals surface area contributed by atoms with Crippen molar-refractivity contribution in [2.24, 2.45) is 0 Å². The minimum atomic E-state index is -2.92. The first kappa shape index (κ1) is 36.0. The maximum absolute atomic E-state index is 8.42.